The Morgan fingerprint density at radius 3 is 2.59 bits per heavy atom. The highest BCUT2D eigenvalue weighted by Gasteiger charge is 2.45. The molecule has 0 radical (unpaired) electrons. The Morgan fingerprint density at radius 1 is 1.16 bits per heavy atom. The smallest absolute Gasteiger partial charge is 0.290 e. The van der Waals surface area contributed by atoms with Gasteiger partial charge in [0.1, 0.15) is 0 Å². The van der Waals surface area contributed by atoms with Gasteiger partial charge in [0.15, 0.2) is 17.3 Å². The molecular weight excluding hydrogens is 432 g/mol. The largest absolute Gasteiger partial charge is 0.503 e. The lowest BCUT2D eigenvalue weighted by Gasteiger charge is -2.32. The molecule has 8 nitrogen and oxygen atoms in total. The Labute approximate surface area is 190 Å². The quantitative estimate of drug-likeness (QED) is 0.609. The summed E-state index contributed by atoms with van der Waals surface area (Å²) in [6.07, 6.45) is 0. The van der Waals surface area contributed by atoms with Crippen molar-refractivity contribution in [1.29, 1.82) is 0 Å². The number of thiophene rings is 1. The summed E-state index contributed by atoms with van der Waals surface area (Å²) in [5.41, 5.74) is 0.650. The summed E-state index contributed by atoms with van der Waals surface area (Å²) in [6.45, 7) is 3.78. The lowest BCUT2D eigenvalue weighted by Crippen LogP contribution is -2.43. The fourth-order valence-electron chi connectivity index (χ4n) is 4.18. The lowest BCUT2D eigenvalue weighted by atomic mass is 9.94. The molecule has 9 heteroatoms. The number of hydrogen-bond acceptors (Lipinski definition) is 8. The van der Waals surface area contributed by atoms with Crippen LogP contribution in [0.3, 0.4) is 0 Å². The van der Waals surface area contributed by atoms with Crippen molar-refractivity contribution in [1.82, 2.24) is 9.80 Å². The molecular formula is C23H26N2O6S. The maximum Gasteiger partial charge on any atom is 0.290 e. The second kappa shape index (κ2) is 9.72. The number of methoxy groups -OCH3 is 2. The van der Waals surface area contributed by atoms with E-state index in [0.717, 1.165) is 13.1 Å². The van der Waals surface area contributed by atoms with Crippen LogP contribution in [-0.4, -0.2) is 80.2 Å². The van der Waals surface area contributed by atoms with Crippen LogP contribution in [0.2, 0.25) is 0 Å². The van der Waals surface area contributed by atoms with Gasteiger partial charge in [-0.2, -0.15) is 0 Å². The zero-order valence-corrected chi connectivity index (χ0v) is 18.9. The summed E-state index contributed by atoms with van der Waals surface area (Å²) in [6, 6.07) is 7.99. The van der Waals surface area contributed by atoms with Gasteiger partial charge < -0.3 is 24.2 Å². The summed E-state index contributed by atoms with van der Waals surface area (Å²) >= 11 is 1.27. The van der Waals surface area contributed by atoms with E-state index in [1.807, 2.05) is 0 Å². The molecule has 0 unspecified atom stereocenters. The second-order valence-electron chi connectivity index (χ2n) is 7.51. The molecule has 1 saturated heterocycles. The van der Waals surface area contributed by atoms with Crippen molar-refractivity contribution in [3.8, 4) is 11.5 Å². The number of hydrogen-bond donors (Lipinski definition) is 1. The van der Waals surface area contributed by atoms with E-state index < -0.39 is 17.7 Å². The highest BCUT2D eigenvalue weighted by atomic mass is 32.1. The van der Waals surface area contributed by atoms with Gasteiger partial charge in [-0.3, -0.25) is 14.5 Å². The standard InChI is InChI=1S/C23H26N2O6S/c1-29-16-6-3-5-15(22(16)30-2)19-18(20(26)17-7-4-14-32-17)21(27)23(28)25(19)9-8-24-10-12-31-13-11-24/h3-7,14,19,27H,8-13H2,1-2H3/t19-/m1/s1. The lowest BCUT2D eigenvalue weighted by molar-refractivity contribution is -0.129. The molecule has 2 aliphatic heterocycles. The summed E-state index contributed by atoms with van der Waals surface area (Å²) in [4.78, 5) is 30.7. The zero-order valence-electron chi connectivity index (χ0n) is 18.1. The fraction of sp³-hybridized carbons (Fsp3) is 0.391. The Bertz CT molecular complexity index is 1010. The van der Waals surface area contributed by atoms with Crippen molar-refractivity contribution in [3.63, 3.8) is 0 Å². The van der Waals surface area contributed by atoms with E-state index in [2.05, 4.69) is 4.90 Å². The predicted octanol–water partition coefficient (Wildman–Crippen LogP) is 2.68. The molecule has 32 heavy (non-hydrogen) atoms. The van der Waals surface area contributed by atoms with Crippen LogP contribution in [0.25, 0.3) is 0 Å². The topological polar surface area (TPSA) is 88.5 Å². The van der Waals surface area contributed by atoms with Gasteiger partial charge in [-0.15, -0.1) is 11.3 Å². The van der Waals surface area contributed by atoms with E-state index in [-0.39, 0.29) is 11.4 Å². The summed E-state index contributed by atoms with van der Waals surface area (Å²) in [7, 11) is 3.04. The Hall–Kier alpha value is -2.88. The molecule has 4 rings (SSSR count). The minimum Gasteiger partial charge on any atom is -0.503 e. The molecule has 0 bridgehead atoms. The second-order valence-corrected chi connectivity index (χ2v) is 8.45. The van der Waals surface area contributed by atoms with Gasteiger partial charge in [0, 0.05) is 31.7 Å². The minimum absolute atomic E-state index is 0.0611. The first-order valence-electron chi connectivity index (χ1n) is 10.4. The van der Waals surface area contributed by atoms with E-state index in [9.17, 15) is 14.7 Å². The van der Waals surface area contributed by atoms with Crippen LogP contribution < -0.4 is 9.47 Å². The third-order valence-electron chi connectivity index (χ3n) is 5.78. The highest BCUT2D eigenvalue weighted by molar-refractivity contribution is 7.12. The predicted molar refractivity (Wildman–Crippen MR) is 120 cm³/mol. The number of Topliss-reactive ketones (excluding diaryl/α,β-unsaturated/α-hetero) is 1. The van der Waals surface area contributed by atoms with Crippen LogP contribution in [0.15, 0.2) is 47.0 Å². The molecule has 1 atom stereocenters. The Morgan fingerprint density at radius 2 is 1.94 bits per heavy atom. The third-order valence-corrected chi connectivity index (χ3v) is 6.65. The molecule has 0 saturated carbocycles. The Balaban J connectivity index is 1.75. The van der Waals surface area contributed by atoms with Crippen LogP contribution in [0, 0.1) is 0 Å². The van der Waals surface area contributed by atoms with Crippen LogP contribution in [0.4, 0.5) is 0 Å². The number of rotatable bonds is 8. The summed E-state index contributed by atoms with van der Waals surface area (Å²) < 4.78 is 16.4. The number of nitrogens with zero attached hydrogens (tertiary/aromatic N) is 2. The number of benzene rings is 1. The monoisotopic (exact) mass is 458 g/mol. The normalized spacial score (nSPS) is 19.5. The molecule has 2 aromatic rings. The van der Waals surface area contributed by atoms with Gasteiger partial charge in [-0.1, -0.05) is 18.2 Å². The third kappa shape index (κ3) is 4.11. The zero-order chi connectivity index (χ0) is 22.7. The van der Waals surface area contributed by atoms with E-state index in [0.29, 0.717) is 48.2 Å². The van der Waals surface area contributed by atoms with Crippen LogP contribution >= 0.6 is 11.3 Å². The van der Waals surface area contributed by atoms with Crippen molar-refractivity contribution in [2.75, 3.05) is 53.6 Å². The maximum absolute atomic E-state index is 13.4. The number of aliphatic hydroxyl groups excluding tert-OH is 1. The Kier molecular flexibility index (Phi) is 6.78. The highest BCUT2D eigenvalue weighted by Crippen LogP contribution is 2.45. The number of carbonyl (C=O) groups excluding carboxylic acids is 2. The summed E-state index contributed by atoms with van der Waals surface area (Å²) in [5.74, 6) is -0.530. The number of ether oxygens (including phenoxy) is 3. The SMILES string of the molecule is COc1cccc([C@@H]2C(C(=O)c3cccs3)=C(O)C(=O)N2CCN2CCOCC2)c1OC. The molecule has 1 amide bonds. The fourth-order valence-corrected chi connectivity index (χ4v) is 4.86. The molecule has 1 fully saturated rings. The average molecular weight is 459 g/mol. The number of para-hydroxylation sites is 1. The molecule has 2 aliphatic rings. The minimum atomic E-state index is -0.789. The molecule has 0 spiro atoms. The first-order chi connectivity index (χ1) is 15.6. The number of ketones is 1. The van der Waals surface area contributed by atoms with Gasteiger partial charge in [0.05, 0.1) is 43.9 Å². The molecule has 170 valence electrons. The molecule has 3 heterocycles. The molecule has 1 N–H and O–H groups in total. The van der Waals surface area contributed by atoms with Gasteiger partial charge in [0.2, 0.25) is 5.78 Å². The van der Waals surface area contributed by atoms with Crippen molar-refractivity contribution in [2.24, 2.45) is 0 Å². The first kappa shape index (κ1) is 22.3. The van der Waals surface area contributed by atoms with Gasteiger partial charge in [-0.25, -0.2) is 0 Å². The molecule has 1 aromatic carbocycles. The van der Waals surface area contributed by atoms with Gasteiger partial charge in [0.25, 0.3) is 5.91 Å². The van der Waals surface area contributed by atoms with E-state index in [1.165, 1.54) is 25.6 Å². The van der Waals surface area contributed by atoms with Gasteiger partial charge in [-0.05, 0) is 17.5 Å². The average Bonchev–Trinajstić information content (AvgIpc) is 3.45. The van der Waals surface area contributed by atoms with Gasteiger partial charge >= 0.3 is 0 Å². The molecule has 1 aromatic heterocycles. The van der Waals surface area contributed by atoms with E-state index in [1.54, 1.807) is 40.6 Å². The molecule has 0 aliphatic carbocycles. The number of morpholine rings is 1. The van der Waals surface area contributed by atoms with Crippen LogP contribution in [0.1, 0.15) is 21.3 Å². The number of amides is 1. The van der Waals surface area contributed by atoms with E-state index in [4.69, 9.17) is 14.2 Å². The number of carbonyl (C=O) groups is 2. The van der Waals surface area contributed by atoms with E-state index >= 15 is 0 Å². The van der Waals surface area contributed by atoms with Crippen LogP contribution in [-0.2, 0) is 9.53 Å². The van der Waals surface area contributed by atoms with Crippen molar-refractivity contribution in [3.05, 3.63) is 57.5 Å². The van der Waals surface area contributed by atoms with Crippen molar-refractivity contribution < 1.29 is 28.9 Å². The summed E-state index contributed by atoms with van der Waals surface area (Å²) in [5, 5.41) is 12.6. The van der Waals surface area contributed by atoms with Crippen molar-refractivity contribution >= 4 is 23.0 Å². The number of aliphatic hydroxyl groups is 1. The van der Waals surface area contributed by atoms with Crippen molar-refractivity contribution in [2.45, 2.75) is 6.04 Å². The maximum atomic E-state index is 13.4. The van der Waals surface area contributed by atoms with Crippen LogP contribution in [0.5, 0.6) is 11.5 Å². The first-order valence-corrected chi connectivity index (χ1v) is 11.3.